The van der Waals surface area contributed by atoms with Crippen LogP contribution in [0.1, 0.15) is 32.3 Å². The smallest absolute Gasteiger partial charge is 0.181 e. The molecule has 3 rings (SSSR count). The molecule has 0 aromatic carbocycles. The first-order chi connectivity index (χ1) is 15.2. The van der Waals surface area contributed by atoms with E-state index in [1.165, 1.54) is 0 Å². The Hall–Kier alpha value is -2.79. The number of rotatable bonds is 9. The first-order valence-electron chi connectivity index (χ1n) is 10.2. The van der Waals surface area contributed by atoms with Gasteiger partial charge in [-0.2, -0.15) is 0 Å². The lowest BCUT2D eigenvalue weighted by Gasteiger charge is -2.19. The quantitative estimate of drug-likeness (QED) is 0.219. The number of allylic oxidation sites excluding steroid dienone is 1. The van der Waals surface area contributed by atoms with E-state index in [0.29, 0.717) is 29.4 Å². The number of pyridine rings is 1. The molecular formula is C22H30N7O2S+. The van der Waals surface area contributed by atoms with Gasteiger partial charge in [0.1, 0.15) is 17.2 Å². The van der Waals surface area contributed by atoms with Gasteiger partial charge in [0.2, 0.25) is 0 Å². The second-order valence-corrected chi connectivity index (χ2v) is 9.96. The number of thioether (sulfide) groups is 1. The zero-order valence-electron chi connectivity index (χ0n) is 19.0. The second kappa shape index (κ2) is 10.2. The molecule has 1 unspecified atom stereocenters. The second-order valence-electron chi connectivity index (χ2n) is 8.09. The molecule has 0 aliphatic heterocycles. The Balaban J connectivity index is 1.85. The number of nitrogens with two attached hydrogens (primary N) is 1. The summed E-state index contributed by atoms with van der Waals surface area (Å²) in [5, 5.41) is 24.0. The van der Waals surface area contributed by atoms with Crippen molar-refractivity contribution in [2.75, 3.05) is 14.2 Å². The minimum absolute atomic E-state index is 0.00228. The van der Waals surface area contributed by atoms with Crippen LogP contribution in [0.3, 0.4) is 0 Å². The highest BCUT2D eigenvalue weighted by Gasteiger charge is 2.20. The molecule has 0 saturated heterocycles. The van der Waals surface area contributed by atoms with Gasteiger partial charge in [0.15, 0.2) is 11.9 Å². The van der Waals surface area contributed by atoms with Crippen molar-refractivity contribution in [1.82, 2.24) is 24.7 Å². The van der Waals surface area contributed by atoms with Crippen LogP contribution < -0.4 is 15.4 Å². The summed E-state index contributed by atoms with van der Waals surface area (Å²) in [6, 6.07) is 3.61. The highest BCUT2D eigenvalue weighted by Crippen LogP contribution is 2.38. The van der Waals surface area contributed by atoms with Gasteiger partial charge in [-0.15, -0.1) is 11.8 Å². The van der Waals surface area contributed by atoms with Gasteiger partial charge in [-0.05, 0) is 6.07 Å². The molecule has 0 amide bonds. The summed E-state index contributed by atoms with van der Waals surface area (Å²) in [4.78, 5) is 13.7. The maximum atomic E-state index is 10.6. The van der Waals surface area contributed by atoms with E-state index >= 15 is 0 Å². The molecule has 0 saturated carbocycles. The largest absolute Gasteiger partial charge is 0.495 e. The molecule has 0 aliphatic rings. The number of hydrogen-bond acceptors (Lipinski definition) is 8. The number of aromatic nitrogens is 4. The monoisotopic (exact) mass is 456 g/mol. The van der Waals surface area contributed by atoms with E-state index < -0.39 is 6.23 Å². The molecule has 0 aliphatic carbocycles. The molecule has 0 radical (unpaired) electrons. The van der Waals surface area contributed by atoms with Gasteiger partial charge in [0.25, 0.3) is 0 Å². The zero-order valence-corrected chi connectivity index (χ0v) is 19.8. The molecule has 10 heteroatoms. The van der Waals surface area contributed by atoms with Crippen molar-refractivity contribution >= 4 is 23.1 Å². The van der Waals surface area contributed by atoms with E-state index in [4.69, 9.17) is 10.1 Å². The number of quaternary nitrogens is 1. The Morgan fingerprint density at radius 3 is 2.69 bits per heavy atom. The Labute approximate surface area is 191 Å². The molecule has 3 aromatic rings. The number of methoxy groups -OCH3 is 1. The third-order valence-corrected chi connectivity index (χ3v) is 5.66. The summed E-state index contributed by atoms with van der Waals surface area (Å²) in [5.41, 5.74) is 2.12. The molecule has 3 heterocycles. The standard InChI is InChI=1S/C22H29N7O2S/c1-22(2,3)32-18-13-29-16(11-27-20(29)10-17(18)31-5)14(23)9-15(24-4)21(30)28-12-19-25-7-6-8-26-19/h6-11,13,21,23-24,28,30H,12H2,1-5H3/p+1/b15-9-,23-14?. The molecule has 0 bridgehead atoms. The summed E-state index contributed by atoms with van der Waals surface area (Å²) in [5.74, 6) is 1.33. The van der Waals surface area contributed by atoms with E-state index in [2.05, 4.69) is 41.0 Å². The lowest BCUT2D eigenvalue weighted by molar-refractivity contribution is -0.584. The summed E-state index contributed by atoms with van der Waals surface area (Å²) >= 11 is 1.69. The molecule has 1 atom stereocenters. The van der Waals surface area contributed by atoms with E-state index in [1.807, 2.05) is 23.7 Å². The van der Waals surface area contributed by atoms with Crippen LogP contribution >= 0.6 is 11.8 Å². The summed E-state index contributed by atoms with van der Waals surface area (Å²) < 4.78 is 7.42. The summed E-state index contributed by atoms with van der Waals surface area (Å²) in [6.45, 7) is 6.72. The van der Waals surface area contributed by atoms with E-state index in [0.717, 1.165) is 10.6 Å². The van der Waals surface area contributed by atoms with E-state index in [9.17, 15) is 5.11 Å². The van der Waals surface area contributed by atoms with Gasteiger partial charge >= 0.3 is 0 Å². The van der Waals surface area contributed by atoms with Crippen LogP contribution in [0.25, 0.3) is 5.65 Å². The number of imidazole rings is 1. The Morgan fingerprint density at radius 1 is 1.34 bits per heavy atom. The van der Waals surface area contributed by atoms with Crippen molar-refractivity contribution in [3.05, 3.63) is 60.2 Å². The lowest BCUT2D eigenvalue weighted by Crippen LogP contribution is -2.80. The molecule has 32 heavy (non-hydrogen) atoms. The predicted octanol–water partition coefficient (Wildman–Crippen LogP) is 1.58. The molecule has 0 spiro atoms. The number of ether oxygens (including phenoxy) is 1. The SMILES string of the molecule is C[NH2+]/C(=C\C(=N)c1cnc2cc(OC)c(SC(C)(C)C)cn12)C(O)NCc1ncccn1. The normalized spacial score (nSPS) is 13.4. The first-order valence-corrected chi connectivity index (χ1v) is 11.0. The summed E-state index contributed by atoms with van der Waals surface area (Å²) in [7, 11) is 3.46. The van der Waals surface area contributed by atoms with Crippen LogP contribution in [0, 0.1) is 5.41 Å². The fourth-order valence-electron chi connectivity index (χ4n) is 3.04. The van der Waals surface area contributed by atoms with Crippen LogP contribution in [0.15, 0.2) is 53.6 Å². The third-order valence-electron chi connectivity index (χ3n) is 4.52. The number of hydrogen-bond donors (Lipinski definition) is 4. The van der Waals surface area contributed by atoms with Crippen molar-refractivity contribution in [2.24, 2.45) is 0 Å². The fraction of sp³-hybridized carbons (Fsp3) is 0.364. The van der Waals surface area contributed by atoms with Crippen LogP contribution in [-0.2, 0) is 6.54 Å². The molecule has 3 aromatic heterocycles. The molecule has 5 N–H and O–H groups in total. The fourth-order valence-corrected chi connectivity index (χ4v) is 4.10. The van der Waals surface area contributed by atoms with Crippen molar-refractivity contribution in [1.29, 1.82) is 5.41 Å². The van der Waals surface area contributed by atoms with Gasteiger partial charge in [-0.25, -0.2) is 15.0 Å². The van der Waals surface area contributed by atoms with Gasteiger partial charge in [-0.1, -0.05) is 20.8 Å². The van der Waals surface area contributed by atoms with E-state index in [1.54, 1.807) is 54.9 Å². The third kappa shape index (κ3) is 5.92. The zero-order chi connectivity index (χ0) is 23.3. The summed E-state index contributed by atoms with van der Waals surface area (Å²) in [6.07, 6.45) is 7.58. The average Bonchev–Trinajstić information content (AvgIpc) is 3.17. The van der Waals surface area contributed by atoms with Gasteiger partial charge in [0, 0.05) is 35.5 Å². The molecule has 0 fully saturated rings. The van der Waals surface area contributed by atoms with Crippen molar-refractivity contribution < 1.29 is 15.2 Å². The van der Waals surface area contributed by atoms with Gasteiger partial charge < -0.3 is 15.2 Å². The maximum Gasteiger partial charge on any atom is 0.181 e. The Kier molecular flexibility index (Phi) is 7.62. The van der Waals surface area contributed by atoms with Crippen LogP contribution in [-0.4, -0.2) is 55.3 Å². The maximum absolute atomic E-state index is 10.6. The predicted molar refractivity (Wildman–Crippen MR) is 125 cm³/mol. The number of aliphatic hydroxyl groups is 1. The van der Waals surface area contributed by atoms with Crippen LogP contribution in [0.4, 0.5) is 0 Å². The number of fused-ring (bicyclic) bond motifs is 1. The van der Waals surface area contributed by atoms with Crippen molar-refractivity contribution in [2.45, 2.75) is 43.2 Å². The highest BCUT2D eigenvalue weighted by atomic mass is 32.2. The number of nitrogens with zero attached hydrogens (tertiary/aromatic N) is 4. The van der Waals surface area contributed by atoms with Gasteiger partial charge in [0.05, 0.1) is 43.2 Å². The highest BCUT2D eigenvalue weighted by molar-refractivity contribution is 8.00. The average molecular weight is 457 g/mol. The Morgan fingerprint density at radius 2 is 2.06 bits per heavy atom. The Bertz CT molecular complexity index is 1110. The topological polar surface area (TPSA) is 125 Å². The van der Waals surface area contributed by atoms with Crippen LogP contribution in [0.2, 0.25) is 0 Å². The van der Waals surface area contributed by atoms with Crippen molar-refractivity contribution in [3.8, 4) is 5.75 Å². The van der Waals surface area contributed by atoms with Crippen molar-refractivity contribution in [3.63, 3.8) is 0 Å². The number of nitrogens with one attached hydrogen (secondary N) is 2. The number of likely N-dealkylation sites (N-methyl/N-ethyl adjacent to an activating group) is 1. The minimum atomic E-state index is -0.963. The number of aliphatic hydroxyl groups excluding tert-OH is 1. The van der Waals surface area contributed by atoms with E-state index in [-0.39, 0.29) is 10.5 Å². The first kappa shape index (κ1) is 23.9. The molecule has 9 nitrogen and oxygen atoms in total. The molecular weight excluding hydrogens is 426 g/mol. The van der Waals surface area contributed by atoms with Gasteiger partial charge in [-0.3, -0.25) is 15.1 Å². The lowest BCUT2D eigenvalue weighted by atomic mass is 10.2. The van der Waals surface area contributed by atoms with Crippen LogP contribution in [0.5, 0.6) is 5.75 Å². The minimum Gasteiger partial charge on any atom is -0.495 e. The molecule has 170 valence electrons.